The van der Waals surface area contributed by atoms with Crippen molar-refractivity contribution in [2.24, 2.45) is 0 Å². The molecule has 1 fully saturated rings. The Bertz CT molecular complexity index is 1450. The molecule has 1 aliphatic carbocycles. The molecule has 0 radical (unpaired) electrons. The summed E-state index contributed by atoms with van der Waals surface area (Å²) in [4.78, 5) is 41.3. The fourth-order valence-corrected chi connectivity index (χ4v) is 3.72. The standard InChI is InChI=1S/C21H16FN5O4/c22-14-4-6-15(7-5-14)25-19-18(20(28)26(21(25)29)16-8-9-16)24(12-23-19)11-13-2-1-3-17(10-13)27(30)31/h1-7,10,12,16H,8-9,11H2. The molecule has 0 atom stereocenters. The first-order valence-electron chi connectivity index (χ1n) is 9.65. The topological polar surface area (TPSA) is 105 Å². The van der Waals surface area contributed by atoms with Crippen LogP contribution in [-0.4, -0.2) is 23.6 Å². The van der Waals surface area contributed by atoms with Crippen LogP contribution >= 0.6 is 0 Å². The highest BCUT2D eigenvalue weighted by Gasteiger charge is 2.30. The van der Waals surface area contributed by atoms with Gasteiger partial charge in [0.2, 0.25) is 0 Å². The van der Waals surface area contributed by atoms with Crippen LogP contribution in [0.15, 0.2) is 64.4 Å². The first-order chi connectivity index (χ1) is 14.9. The summed E-state index contributed by atoms with van der Waals surface area (Å²) >= 11 is 0. The van der Waals surface area contributed by atoms with Gasteiger partial charge < -0.3 is 4.57 Å². The maximum Gasteiger partial charge on any atom is 0.337 e. The van der Waals surface area contributed by atoms with Gasteiger partial charge in [-0.05, 0) is 42.7 Å². The summed E-state index contributed by atoms with van der Waals surface area (Å²) in [7, 11) is 0. The zero-order valence-electron chi connectivity index (χ0n) is 16.1. The molecule has 1 aliphatic rings. The Hall–Kier alpha value is -4.08. The molecule has 0 bridgehead atoms. The predicted molar refractivity (Wildman–Crippen MR) is 110 cm³/mol. The third-order valence-electron chi connectivity index (χ3n) is 5.32. The highest BCUT2D eigenvalue weighted by atomic mass is 19.1. The van der Waals surface area contributed by atoms with E-state index in [1.165, 1.54) is 51.9 Å². The Morgan fingerprint density at radius 3 is 2.55 bits per heavy atom. The molecule has 9 nitrogen and oxygen atoms in total. The average Bonchev–Trinajstić information content (AvgIpc) is 3.50. The van der Waals surface area contributed by atoms with E-state index in [2.05, 4.69) is 4.98 Å². The van der Waals surface area contributed by atoms with Crippen LogP contribution in [-0.2, 0) is 6.54 Å². The Morgan fingerprint density at radius 2 is 1.87 bits per heavy atom. The number of nitro groups is 1. The number of hydrogen-bond donors (Lipinski definition) is 0. The third-order valence-corrected chi connectivity index (χ3v) is 5.32. The summed E-state index contributed by atoms with van der Waals surface area (Å²) in [5.74, 6) is -0.445. The molecular formula is C21H16FN5O4. The van der Waals surface area contributed by atoms with Crippen molar-refractivity contribution in [1.29, 1.82) is 0 Å². The molecular weight excluding hydrogens is 405 g/mol. The number of hydrogen-bond acceptors (Lipinski definition) is 5. The number of rotatable bonds is 5. The lowest BCUT2D eigenvalue weighted by molar-refractivity contribution is -0.384. The first-order valence-corrected chi connectivity index (χ1v) is 9.65. The van der Waals surface area contributed by atoms with E-state index in [1.807, 2.05) is 0 Å². The molecule has 0 amide bonds. The van der Waals surface area contributed by atoms with Crippen molar-refractivity contribution in [1.82, 2.24) is 18.7 Å². The molecule has 0 aliphatic heterocycles. The summed E-state index contributed by atoms with van der Waals surface area (Å²) in [6.07, 6.45) is 2.88. The monoisotopic (exact) mass is 421 g/mol. The molecule has 0 saturated heterocycles. The van der Waals surface area contributed by atoms with E-state index in [0.717, 1.165) is 12.8 Å². The van der Waals surface area contributed by atoms with Crippen molar-refractivity contribution in [2.75, 3.05) is 0 Å². The maximum atomic E-state index is 13.4. The largest absolute Gasteiger partial charge is 0.337 e. The summed E-state index contributed by atoms with van der Waals surface area (Å²) in [5, 5.41) is 11.1. The second kappa shape index (κ2) is 7.01. The molecule has 0 unspecified atom stereocenters. The van der Waals surface area contributed by atoms with Crippen LogP contribution in [0.25, 0.3) is 16.9 Å². The molecule has 4 aromatic rings. The zero-order valence-corrected chi connectivity index (χ0v) is 16.1. The number of nitro benzene ring substituents is 1. The number of benzene rings is 2. The maximum absolute atomic E-state index is 13.4. The van der Waals surface area contributed by atoms with Crippen LogP contribution in [0.3, 0.4) is 0 Å². The minimum atomic E-state index is -0.521. The van der Waals surface area contributed by atoms with Gasteiger partial charge in [0, 0.05) is 24.7 Å². The van der Waals surface area contributed by atoms with E-state index in [-0.39, 0.29) is 29.4 Å². The summed E-state index contributed by atoms with van der Waals surface area (Å²) in [5.41, 5.74) is 0.347. The highest BCUT2D eigenvalue weighted by Crippen LogP contribution is 2.32. The molecule has 31 heavy (non-hydrogen) atoms. The van der Waals surface area contributed by atoms with Gasteiger partial charge in [0.05, 0.1) is 16.9 Å². The van der Waals surface area contributed by atoms with E-state index >= 15 is 0 Å². The van der Waals surface area contributed by atoms with Crippen LogP contribution in [0.5, 0.6) is 0 Å². The molecule has 0 N–H and O–H groups in total. The number of non-ortho nitro benzene ring substituents is 1. The van der Waals surface area contributed by atoms with Crippen molar-refractivity contribution < 1.29 is 9.31 Å². The predicted octanol–water partition coefficient (Wildman–Crippen LogP) is 2.78. The van der Waals surface area contributed by atoms with E-state index < -0.39 is 22.0 Å². The molecule has 5 rings (SSSR count). The lowest BCUT2D eigenvalue weighted by atomic mass is 10.2. The lowest BCUT2D eigenvalue weighted by Crippen LogP contribution is -2.39. The van der Waals surface area contributed by atoms with E-state index in [0.29, 0.717) is 11.3 Å². The molecule has 10 heteroatoms. The molecule has 156 valence electrons. The second-order valence-electron chi connectivity index (χ2n) is 7.47. The van der Waals surface area contributed by atoms with Crippen LogP contribution in [0.1, 0.15) is 24.4 Å². The first kappa shape index (κ1) is 18.9. The number of fused-ring (bicyclic) bond motifs is 1. The van der Waals surface area contributed by atoms with Gasteiger partial charge in [-0.25, -0.2) is 18.7 Å². The minimum Gasteiger partial charge on any atom is -0.320 e. The lowest BCUT2D eigenvalue weighted by Gasteiger charge is -2.12. The molecule has 2 aromatic heterocycles. The van der Waals surface area contributed by atoms with Gasteiger partial charge in [-0.1, -0.05) is 12.1 Å². The normalized spacial score (nSPS) is 13.6. The van der Waals surface area contributed by atoms with E-state index in [9.17, 15) is 24.1 Å². The number of halogens is 1. The Morgan fingerprint density at radius 1 is 1.13 bits per heavy atom. The molecule has 2 aromatic carbocycles. The molecule has 2 heterocycles. The number of nitrogens with zero attached hydrogens (tertiary/aromatic N) is 5. The SMILES string of the molecule is O=c1c2c(ncn2Cc2cccc([N+](=O)[O-])c2)n(-c2ccc(F)cc2)c(=O)n1C1CC1. The van der Waals surface area contributed by atoms with Gasteiger partial charge in [0.15, 0.2) is 11.2 Å². The summed E-state index contributed by atoms with van der Waals surface area (Å²) < 4.78 is 17.5. The van der Waals surface area contributed by atoms with Gasteiger partial charge in [-0.2, -0.15) is 0 Å². The minimum absolute atomic E-state index is 0.0551. The van der Waals surface area contributed by atoms with E-state index in [4.69, 9.17) is 0 Å². The van der Waals surface area contributed by atoms with Crippen molar-refractivity contribution in [3.05, 3.63) is 97.2 Å². The van der Waals surface area contributed by atoms with Crippen molar-refractivity contribution in [3.63, 3.8) is 0 Å². The zero-order chi connectivity index (χ0) is 21.7. The van der Waals surface area contributed by atoms with E-state index in [1.54, 1.807) is 16.7 Å². The van der Waals surface area contributed by atoms with Gasteiger partial charge in [0.1, 0.15) is 5.82 Å². The fraction of sp³-hybridized carbons (Fsp3) is 0.190. The van der Waals surface area contributed by atoms with Crippen LogP contribution < -0.4 is 11.2 Å². The number of aromatic nitrogens is 4. The van der Waals surface area contributed by atoms with Gasteiger partial charge in [-0.15, -0.1) is 0 Å². The highest BCUT2D eigenvalue weighted by molar-refractivity contribution is 5.72. The smallest absolute Gasteiger partial charge is 0.320 e. The summed E-state index contributed by atoms with van der Waals surface area (Å²) in [6, 6.07) is 11.3. The van der Waals surface area contributed by atoms with Crippen molar-refractivity contribution >= 4 is 16.9 Å². The summed E-state index contributed by atoms with van der Waals surface area (Å²) in [6.45, 7) is 0.166. The van der Waals surface area contributed by atoms with Gasteiger partial charge in [-0.3, -0.25) is 19.5 Å². The van der Waals surface area contributed by atoms with Crippen LogP contribution in [0, 0.1) is 15.9 Å². The Kier molecular flexibility index (Phi) is 4.28. The molecule has 1 saturated carbocycles. The Labute approximate surface area is 173 Å². The molecule has 0 spiro atoms. The quantitative estimate of drug-likeness (QED) is 0.364. The third kappa shape index (κ3) is 3.21. The van der Waals surface area contributed by atoms with Crippen molar-refractivity contribution in [2.45, 2.75) is 25.4 Å². The fourth-order valence-electron chi connectivity index (χ4n) is 3.72. The second-order valence-corrected chi connectivity index (χ2v) is 7.47. The Balaban J connectivity index is 1.73. The van der Waals surface area contributed by atoms with Crippen molar-refractivity contribution in [3.8, 4) is 5.69 Å². The average molecular weight is 421 g/mol. The van der Waals surface area contributed by atoms with Crippen LogP contribution in [0.2, 0.25) is 0 Å². The number of imidazole rings is 1. The van der Waals surface area contributed by atoms with Crippen LogP contribution in [0.4, 0.5) is 10.1 Å². The van der Waals surface area contributed by atoms with Gasteiger partial charge >= 0.3 is 5.69 Å². The van der Waals surface area contributed by atoms with Gasteiger partial charge in [0.25, 0.3) is 11.2 Å².